The van der Waals surface area contributed by atoms with Crippen LogP contribution in [0, 0.1) is 6.92 Å². The highest BCUT2D eigenvalue weighted by Crippen LogP contribution is 2.56. The summed E-state index contributed by atoms with van der Waals surface area (Å²) < 4.78 is 13.1. The summed E-state index contributed by atoms with van der Waals surface area (Å²) in [7, 11) is 0. The number of rotatable bonds is 4. The molecule has 140 valence electrons. The molecule has 28 heavy (non-hydrogen) atoms. The van der Waals surface area contributed by atoms with Crippen LogP contribution < -0.4 is 4.74 Å². The Morgan fingerprint density at radius 1 is 1.18 bits per heavy atom. The number of pyridine rings is 1. The monoisotopic (exact) mass is 374 g/mol. The van der Waals surface area contributed by atoms with Gasteiger partial charge in [0.1, 0.15) is 12.4 Å². The number of fused-ring (bicyclic) bond motifs is 7. The molecule has 2 atom stereocenters. The van der Waals surface area contributed by atoms with E-state index in [1.54, 1.807) is 10.7 Å². The maximum atomic E-state index is 6.17. The number of hydrogen-bond acceptors (Lipinski definition) is 7. The largest absolute Gasteiger partial charge is 0.470 e. The first kappa shape index (κ1) is 15.7. The number of nitrogens with zero attached hydrogens (tertiary/aromatic N) is 6. The van der Waals surface area contributed by atoms with Crippen molar-refractivity contribution in [3.8, 4) is 17.4 Å². The van der Waals surface area contributed by atoms with Gasteiger partial charge >= 0.3 is 0 Å². The van der Waals surface area contributed by atoms with E-state index in [-0.39, 0.29) is 0 Å². The molecule has 4 aromatic rings. The van der Waals surface area contributed by atoms with Crippen molar-refractivity contribution in [2.75, 3.05) is 0 Å². The lowest BCUT2D eigenvalue weighted by atomic mass is 9.93. The van der Waals surface area contributed by atoms with Crippen LogP contribution in [0.15, 0.2) is 35.0 Å². The molecule has 4 aromatic heterocycles. The molecule has 1 saturated carbocycles. The third-order valence-corrected chi connectivity index (χ3v) is 5.78. The minimum Gasteiger partial charge on any atom is -0.470 e. The van der Waals surface area contributed by atoms with Crippen molar-refractivity contribution in [2.24, 2.45) is 0 Å². The molecule has 0 unspecified atom stereocenters. The molecule has 0 N–H and O–H groups in total. The van der Waals surface area contributed by atoms with Crippen LogP contribution in [0.4, 0.5) is 0 Å². The summed E-state index contributed by atoms with van der Waals surface area (Å²) in [6.45, 7) is 2.23. The lowest BCUT2D eigenvalue weighted by Crippen LogP contribution is -2.11. The third kappa shape index (κ3) is 2.27. The van der Waals surface area contributed by atoms with Gasteiger partial charge in [-0.05, 0) is 50.2 Å². The van der Waals surface area contributed by atoms with Crippen LogP contribution in [0.1, 0.15) is 53.7 Å². The van der Waals surface area contributed by atoms with Crippen molar-refractivity contribution in [1.82, 2.24) is 30.0 Å². The highest BCUT2D eigenvalue weighted by molar-refractivity contribution is 5.64. The van der Waals surface area contributed by atoms with Crippen molar-refractivity contribution in [2.45, 2.75) is 44.6 Å². The molecule has 0 amide bonds. The van der Waals surface area contributed by atoms with Gasteiger partial charge in [-0.3, -0.25) is 4.98 Å². The summed E-state index contributed by atoms with van der Waals surface area (Å²) in [5.74, 6) is 2.93. The Labute approximate surface area is 160 Å². The molecular weight excluding hydrogens is 356 g/mol. The summed E-state index contributed by atoms with van der Waals surface area (Å²) >= 11 is 0. The van der Waals surface area contributed by atoms with Crippen molar-refractivity contribution in [3.05, 3.63) is 53.0 Å². The number of ether oxygens (including phenoxy) is 1. The van der Waals surface area contributed by atoms with Gasteiger partial charge in [-0.2, -0.15) is 4.52 Å². The fourth-order valence-electron chi connectivity index (χ4n) is 4.59. The fourth-order valence-corrected chi connectivity index (χ4v) is 4.59. The highest BCUT2D eigenvalue weighted by Gasteiger charge is 2.42. The minimum atomic E-state index is 0.379. The third-order valence-electron chi connectivity index (χ3n) is 5.78. The molecule has 6 rings (SSSR count). The van der Waals surface area contributed by atoms with Crippen LogP contribution in [0.2, 0.25) is 0 Å². The van der Waals surface area contributed by atoms with Crippen molar-refractivity contribution in [1.29, 1.82) is 0 Å². The van der Waals surface area contributed by atoms with Crippen LogP contribution in [-0.2, 0) is 6.61 Å². The predicted octanol–water partition coefficient (Wildman–Crippen LogP) is 3.43. The molecule has 8 nitrogen and oxygen atoms in total. The Kier molecular flexibility index (Phi) is 3.29. The van der Waals surface area contributed by atoms with Crippen molar-refractivity contribution >= 4 is 5.65 Å². The Morgan fingerprint density at radius 2 is 2.07 bits per heavy atom. The van der Waals surface area contributed by atoms with E-state index in [2.05, 4.69) is 20.3 Å². The first-order valence-electron chi connectivity index (χ1n) is 9.53. The quantitative estimate of drug-likeness (QED) is 0.540. The first-order chi connectivity index (χ1) is 13.8. The molecule has 8 heteroatoms. The zero-order chi connectivity index (χ0) is 18.7. The molecule has 2 aliphatic carbocycles. The normalized spacial score (nSPS) is 20.0. The average Bonchev–Trinajstić information content (AvgIpc) is 3.49. The van der Waals surface area contributed by atoms with Gasteiger partial charge in [0.15, 0.2) is 11.3 Å². The second kappa shape index (κ2) is 5.85. The van der Waals surface area contributed by atoms with E-state index < -0.39 is 0 Å². The summed E-state index contributed by atoms with van der Waals surface area (Å²) in [5, 5.41) is 17.7. The fraction of sp³-hybridized carbons (Fsp3) is 0.350. The molecule has 0 aromatic carbocycles. The zero-order valence-electron chi connectivity index (χ0n) is 15.4. The van der Waals surface area contributed by atoms with Crippen LogP contribution >= 0.6 is 0 Å². The average molecular weight is 374 g/mol. The van der Waals surface area contributed by atoms with Gasteiger partial charge < -0.3 is 9.26 Å². The summed E-state index contributed by atoms with van der Waals surface area (Å²) in [6.07, 6.45) is 5.27. The lowest BCUT2D eigenvalue weighted by molar-refractivity contribution is 0.279. The zero-order valence-corrected chi connectivity index (χ0v) is 15.4. The van der Waals surface area contributed by atoms with Gasteiger partial charge in [0, 0.05) is 23.4 Å². The van der Waals surface area contributed by atoms with Gasteiger partial charge in [-0.15, -0.1) is 15.3 Å². The molecule has 1 fully saturated rings. The molecule has 0 saturated heterocycles. The molecule has 0 aliphatic heterocycles. The summed E-state index contributed by atoms with van der Waals surface area (Å²) in [4.78, 5) is 4.35. The van der Waals surface area contributed by atoms with Gasteiger partial charge in [0.05, 0.1) is 5.69 Å². The Bertz CT molecular complexity index is 1180. The van der Waals surface area contributed by atoms with Gasteiger partial charge in [-0.25, -0.2) is 0 Å². The second-order valence-corrected chi connectivity index (χ2v) is 7.53. The molecule has 0 radical (unpaired) electrons. The van der Waals surface area contributed by atoms with Crippen LogP contribution in [0.25, 0.3) is 17.2 Å². The molecule has 0 spiro atoms. The summed E-state index contributed by atoms with van der Waals surface area (Å²) in [5.41, 5.74) is 4.74. The topological polar surface area (TPSA) is 91.2 Å². The molecular formula is C20H18N6O2. The second-order valence-electron chi connectivity index (χ2n) is 7.53. The number of aromatic nitrogens is 6. The van der Waals surface area contributed by atoms with Crippen LogP contribution in [0.3, 0.4) is 0 Å². The Morgan fingerprint density at radius 3 is 2.86 bits per heavy atom. The van der Waals surface area contributed by atoms with E-state index in [4.69, 9.17) is 14.4 Å². The van der Waals surface area contributed by atoms with Crippen molar-refractivity contribution < 1.29 is 9.26 Å². The van der Waals surface area contributed by atoms with E-state index in [9.17, 15) is 0 Å². The van der Waals surface area contributed by atoms with E-state index >= 15 is 0 Å². The highest BCUT2D eigenvalue weighted by atomic mass is 16.5. The minimum absolute atomic E-state index is 0.379. The maximum absolute atomic E-state index is 6.17. The first-order valence-corrected chi connectivity index (χ1v) is 9.53. The van der Waals surface area contributed by atoms with E-state index in [1.807, 2.05) is 31.2 Å². The Balaban J connectivity index is 1.50. The van der Waals surface area contributed by atoms with E-state index in [0.717, 1.165) is 23.5 Å². The van der Waals surface area contributed by atoms with Crippen molar-refractivity contribution in [3.63, 3.8) is 0 Å². The lowest BCUT2D eigenvalue weighted by Gasteiger charge is -2.18. The summed E-state index contributed by atoms with van der Waals surface area (Å²) in [6, 6.07) is 7.65. The molecule has 2 aliphatic rings. The standard InChI is InChI=1S/C20H18N6O2/c1-11-8-15(25-28-11)18-22-23-19-16-12-5-6-13(9-12)17(16)20(24-26(18)19)27-10-14-4-2-3-7-21-14/h2-4,7-8,12-13H,5-6,9-10H2,1H3/t12-,13+/m0/s1. The number of aryl methyl sites for hydroxylation is 1. The number of hydrogen-bond donors (Lipinski definition) is 0. The van der Waals surface area contributed by atoms with Crippen LogP contribution in [0.5, 0.6) is 5.88 Å². The van der Waals surface area contributed by atoms with E-state index in [0.29, 0.717) is 35.8 Å². The van der Waals surface area contributed by atoms with E-state index in [1.165, 1.54) is 24.0 Å². The molecule has 2 bridgehead atoms. The Hall–Kier alpha value is -3.29. The van der Waals surface area contributed by atoms with Gasteiger partial charge in [0.2, 0.25) is 11.7 Å². The van der Waals surface area contributed by atoms with Gasteiger partial charge in [0.25, 0.3) is 0 Å². The van der Waals surface area contributed by atoms with Gasteiger partial charge in [-0.1, -0.05) is 11.2 Å². The molecule has 4 heterocycles. The SMILES string of the molecule is Cc1cc(-c2nnc3c4c(c(OCc5ccccn5)nn23)[C@@H]2CC[C@H]4C2)no1. The maximum Gasteiger partial charge on any atom is 0.236 e. The van der Waals surface area contributed by atoms with Crippen LogP contribution in [-0.4, -0.2) is 30.0 Å². The predicted molar refractivity (Wildman–Crippen MR) is 98.9 cm³/mol. The smallest absolute Gasteiger partial charge is 0.236 e.